The Morgan fingerprint density at radius 3 is 2.84 bits per heavy atom. The maximum atomic E-state index is 12.9. The van der Waals surface area contributed by atoms with Crippen LogP contribution in [0.5, 0.6) is 0 Å². The summed E-state index contributed by atoms with van der Waals surface area (Å²) in [6, 6.07) is 14.3. The molecular weight excluding hydrogens is 430 g/mol. The molecule has 0 saturated heterocycles. The number of aromatic nitrogens is 3. The Balaban J connectivity index is 1.46. The van der Waals surface area contributed by atoms with E-state index in [0.29, 0.717) is 17.1 Å². The summed E-state index contributed by atoms with van der Waals surface area (Å²) in [5, 5.41) is 8.12. The molecule has 0 fully saturated rings. The van der Waals surface area contributed by atoms with Crippen molar-refractivity contribution in [3.05, 3.63) is 65.8 Å². The Labute approximate surface area is 187 Å². The summed E-state index contributed by atoms with van der Waals surface area (Å²) in [6.07, 6.45) is 4.07. The lowest BCUT2D eigenvalue weighted by Gasteiger charge is -2.17. The van der Waals surface area contributed by atoms with Gasteiger partial charge < -0.3 is 15.6 Å². The second kappa shape index (κ2) is 9.76. The van der Waals surface area contributed by atoms with Crippen LogP contribution < -0.4 is 10.6 Å². The number of imidazole rings is 1. The molecule has 7 nitrogen and oxygen atoms in total. The average molecular weight is 452 g/mol. The number of benzene rings is 2. The molecule has 4 rings (SSSR count). The normalized spacial score (nSPS) is 11.9. The largest absolute Gasteiger partial charge is 0.345 e. The second-order valence-electron chi connectivity index (χ2n) is 6.84. The van der Waals surface area contributed by atoms with E-state index in [4.69, 9.17) is 0 Å². The van der Waals surface area contributed by atoms with E-state index in [-0.39, 0.29) is 11.8 Å². The molecule has 0 aliphatic heterocycles. The van der Waals surface area contributed by atoms with Gasteiger partial charge in [0, 0.05) is 16.5 Å². The topological polar surface area (TPSA) is 99.8 Å². The maximum absolute atomic E-state index is 12.9. The molecule has 0 bridgehead atoms. The van der Waals surface area contributed by atoms with Crippen LogP contribution in [0.4, 0.5) is 5.13 Å². The van der Waals surface area contributed by atoms with Gasteiger partial charge in [-0.05, 0) is 36.6 Å². The van der Waals surface area contributed by atoms with Gasteiger partial charge in [0.25, 0.3) is 5.91 Å². The number of H-pyrrole nitrogens is 1. The fourth-order valence-electron chi connectivity index (χ4n) is 3.09. The lowest BCUT2D eigenvalue weighted by molar-refractivity contribution is -0.118. The number of carbonyl (C=O) groups excluding carboxylic acids is 2. The van der Waals surface area contributed by atoms with Crippen LogP contribution in [-0.4, -0.2) is 44.8 Å². The van der Waals surface area contributed by atoms with Crippen LogP contribution in [0.25, 0.3) is 22.3 Å². The van der Waals surface area contributed by atoms with E-state index in [1.165, 1.54) is 11.3 Å². The van der Waals surface area contributed by atoms with Crippen LogP contribution in [0, 0.1) is 0 Å². The van der Waals surface area contributed by atoms with Gasteiger partial charge in [-0.25, -0.2) is 9.97 Å². The summed E-state index contributed by atoms with van der Waals surface area (Å²) in [4.78, 5) is 37.4. The van der Waals surface area contributed by atoms with E-state index < -0.39 is 6.04 Å². The van der Waals surface area contributed by atoms with Gasteiger partial charge >= 0.3 is 0 Å². The Bertz CT molecular complexity index is 1190. The highest BCUT2D eigenvalue weighted by atomic mass is 32.2. The maximum Gasteiger partial charge on any atom is 0.252 e. The number of hydrogen-bond acceptors (Lipinski definition) is 6. The highest BCUT2D eigenvalue weighted by Crippen LogP contribution is 2.24. The second-order valence-corrected chi connectivity index (χ2v) is 8.68. The van der Waals surface area contributed by atoms with E-state index in [9.17, 15) is 9.59 Å². The molecule has 158 valence electrons. The summed E-state index contributed by atoms with van der Waals surface area (Å²) >= 11 is 2.98. The summed E-state index contributed by atoms with van der Waals surface area (Å²) in [5.74, 6) is 0.159. The zero-order valence-corrected chi connectivity index (χ0v) is 18.4. The minimum Gasteiger partial charge on any atom is -0.345 e. The predicted molar refractivity (Wildman–Crippen MR) is 127 cm³/mol. The molecule has 0 saturated carbocycles. The van der Waals surface area contributed by atoms with Gasteiger partial charge in [0.15, 0.2) is 5.13 Å². The van der Waals surface area contributed by atoms with Crippen molar-refractivity contribution in [2.24, 2.45) is 0 Å². The number of fused-ring (bicyclic) bond motifs is 1. The zero-order chi connectivity index (χ0) is 21.6. The van der Waals surface area contributed by atoms with Crippen LogP contribution in [0.1, 0.15) is 16.8 Å². The van der Waals surface area contributed by atoms with Crippen LogP contribution in [0.2, 0.25) is 0 Å². The lowest BCUT2D eigenvalue weighted by Crippen LogP contribution is -2.44. The summed E-state index contributed by atoms with van der Waals surface area (Å²) in [7, 11) is 0. The molecule has 9 heteroatoms. The number of aromatic amines is 1. The number of hydrogen-bond donors (Lipinski definition) is 3. The van der Waals surface area contributed by atoms with Crippen LogP contribution >= 0.6 is 23.1 Å². The van der Waals surface area contributed by atoms with Crippen LogP contribution in [0.3, 0.4) is 0 Å². The van der Waals surface area contributed by atoms with Crippen LogP contribution in [0.15, 0.2) is 60.2 Å². The first-order valence-electron chi connectivity index (χ1n) is 9.69. The van der Waals surface area contributed by atoms with Crippen molar-refractivity contribution in [3.8, 4) is 11.3 Å². The number of thioether (sulfide) groups is 1. The summed E-state index contributed by atoms with van der Waals surface area (Å²) < 4.78 is 0. The number of anilines is 1. The first-order chi connectivity index (χ1) is 15.1. The van der Waals surface area contributed by atoms with Crippen LogP contribution in [-0.2, 0) is 4.79 Å². The molecule has 2 heterocycles. The fourth-order valence-corrected chi connectivity index (χ4v) is 4.28. The first-order valence-corrected chi connectivity index (χ1v) is 12.0. The monoisotopic (exact) mass is 451 g/mol. The van der Waals surface area contributed by atoms with E-state index in [0.717, 1.165) is 28.0 Å². The van der Waals surface area contributed by atoms with Crippen molar-refractivity contribution in [3.63, 3.8) is 0 Å². The molecule has 4 aromatic rings. The number of nitrogens with zero attached hydrogens (tertiary/aromatic N) is 2. The molecule has 2 aromatic carbocycles. The van der Waals surface area contributed by atoms with Crippen molar-refractivity contribution >= 4 is 51.1 Å². The predicted octanol–water partition coefficient (Wildman–Crippen LogP) is 4.18. The summed E-state index contributed by atoms with van der Waals surface area (Å²) in [5.41, 5.74) is 3.82. The third kappa shape index (κ3) is 5.12. The van der Waals surface area contributed by atoms with Gasteiger partial charge in [-0.3, -0.25) is 9.59 Å². The number of thiazole rings is 1. The first kappa shape index (κ1) is 21.1. The molecule has 1 atom stereocenters. The smallest absolute Gasteiger partial charge is 0.252 e. The molecule has 0 aliphatic carbocycles. The van der Waals surface area contributed by atoms with E-state index in [2.05, 4.69) is 25.6 Å². The number of rotatable bonds is 8. The van der Waals surface area contributed by atoms with Crippen molar-refractivity contribution in [1.29, 1.82) is 0 Å². The van der Waals surface area contributed by atoms with E-state index in [1.807, 2.05) is 42.0 Å². The van der Waals surface area contributed by atoms with Gasteiger partial charge in [-0.2, -0.15) is 11.8 Å². The Kier molecular flexibility index (Phi) is 6.63. The Morgan fingerprint density at radius 1 is 1.19 bits per heavy atom. The lowest BCUT2D eigenvalue weighted by atomic mass is 10.1. The number of amides is 2. The molecule has 0 aliphatic rings. The van der Waals surface area contributed by atoms with Crippen molar-refractivity contribution in [1.82, 2.24) is 20.3 Å². The minimum atomic E-state index is -0.665. The Hall–Kier alpha value is -3.17. The number of nitrogens with one attached hydrogen (secondary N) is 3. The fraction of sp³-hybridized carbons (Fsp3) is 0.182. The summed E-state index contributed by atoms with van der Waals surface area (Å²) in [6.45, 7) is 0. The number of carbonyl (C=O) groups is 2. The van der Waals surface area contributed by atoms with Gasteiger partial charge in [-0.1, -0.05) is 30.3 Å². The van der Waals surface area contributed by atoms with E-state index in [1.54, 1.807) is 36.3 Å². The van der Waals surface area contributed by atoms with Gasteiger partial charge in [0.1, 0.15) is 6.04 Å². The molecule has 2 aromatic heterocycles. The molecule has 31 heavy (non-hydrogen) atoms. The standard InChI is InChI=1S/C22H21N5O2S2/c1-30-10-9-17(25-20(28)15-7-8-16-18(11-15)24-13-23-16)21(29)27-22-26-19(12-31-22)14-5-3-2-4-6-14/h2-8,11-13,17H,9-10H2,1H3,(H,23,24)(H,25,28)(H,26,27,29). The molecule has 2 amide bonds. The minimum absolute atomic E-state index is 0.279. The van der Waals surface area contributed by atoms with Crippen molar-refractivity contribution in [2.45, 2.75) is 12.5 Å². The average Bonchev–Trinajstić information content (AvgIpc) is 3.46. The van der Waals surface area contributed by atoms with Gasteiger partial charge in [-0.15, -0.1) is 11.3 Å². The third-order valence-corrected chi connectivity index (χ3v) is 6.12. The molecule has 0 spiro atoms. The third-order valence-electron chi connectivity index (χ3n) is 4.72. The molecular formula is C22H21N5O2S2. The Morgan fingerprint density at radius 2 is 2.03 bits per heavy atom. The molecule has 3 N–H and O–H groups in total. The molecule has 1 unspecified atom stereocenters. The SMILES string of the molecule is CSCCC(NC(=O)c1ccc2nc[nH]c2c1)C(=O)Nc1nc(-c2ccccc2)cs1. The zero-order valence-electron chi connectivity index (χ0n) is 16.8. The highest BCUT2D eigenvalue weighted by molar-refractivity contribution is 7.98. The van der Waals surface area contributed by atoms with Crippen molar-refractivity contribution in [2.75, 3.05) is 17.3 Å². The highest BCUT2D eigenvalue weighted by Gasteiger charge is 2.22. The van der Waals surface area contributed by atoms with Gasteiger partial charge in [0.2, 0.25) is 5.91 Å². The molecule has 0 radical (unpaired) electrons. The van der Waals surface area contributed by atoms with E-state index >= 15 is 0 Å². The quantitative estimate of drug-likeness (QED) is 0.373. The van der Waals surface area contributed by atoms with Gasteiger partial charge in [0.05, 0.1) is 23.1 Å². The van der Waals surface area contributed by atoms with Crippen molar-refractivity contribution < 1.29 is 9.59 Å².